The van der Waals surface area contributed by atoms with Gasteiger partial charge < -0.3 is 5.32 Å². The summed E-state index contributed by atoms with van der Waals surface area (Å²) in [7, 11) is 0. The number of thiophene rings is 1. The molecule has 4 aliphatic carbocycles. The van der Waals surface area contributed by atoms with E-state index in [2.05, 4.69) is 41.2 Å². The normalized spacial score (nSPS) is 38.9. The molecule has 0 amide bonds. The van der Waals surface area contributed by atoms with E-state index in [-0.39, 0.29) is 0 Å². The Kier molecular flexibility index (Phi) is 3.75. The lowest BCUT2D eigenvalue weighted by Crippen LogP contribution is -2.51. The number of nitrogens with one attached hydrogen (secondary N) is 1. The van der Waals surface area contributed by atoms with E-state index in [1.54, 1.807) is 4.88 Å². The fourth-order valence-corrected chi connectivity index (χ4v) is 7.77. The van der Waals surface area contributed by atoms with Crippen molar-refractivity contribution in [2.45, 2.75) is 58.4 Å². The lowest BCUT2D eigenvalue weighted by molar-refractivity contribution is -0.0739. The van der Waals surface area contributed by atoms with E-state index in [9.17, 15) is 0 Å². The molecule has 116 valence electrons. The SMILES string of the molecule is CCNC(c1cc(C)c(Br)s1)C12CC3CC(CC(C3)C1)C2. The van der Waals surface area contributed by atoms with Crippen LogP contribution in [0.1, 0.15) is 61.9 Å². The van der Waals surface area contributed by atoms with E-state index in [4.69, 9.17) is 0 Å². The second kappa shape index (κ2) is 5.35. The van der Waals surface area contributed by atoms with E-state index >= 15 is 0 Å². The monoisotopic (exact) mass is 367 g/mol. The lowest BCUT2D eigenvalue weighted by Gasteiger charge is -2.59. The molecule has 4 saturated carbocycles. The second-order valence-electron chi connectivity index (χ2n) is 7.88. The maximum Gasteiger partial charge on any atom is 0.0731 e. The van der Waals surface area contributed by atoms with Crippen LogP contribution in [0.5, 0.6) is 0 Å². The van der Waals surface area contributed by atoms with E-state index in [0.717, 1.165) is 24.3 Å². The first-order chi connectivity index (χ1) is 10.1. The van der Waals surface area contributed by atoms with Crippen LogP contribution in [0.4, 0.5) is 0 Å². The van der Waals surface area contributed by atoms with Crippen molar-refractivity contribution in [3.8, 4) is 0 Å². The van der Waals surface area contributed by atoms with Crippen LogP contribution in [0.15, 0.2) is 9.85 Å². The minimum atomic E-state index is 0.557. The van der Waals surface area contributed by atoms with Crippen molar-refractivity contribution < 1.29 is 0 Å². The molecule has 0 aliphatic heterocycles. The summed E-state index contributed by atoms with van der Waals surface area (Å²) >= 11 is 5.70. The molecule has 4 bridgehead atoms. The molecule has 21 heavy (non-hydrogen) atoms. The van der Waals surface area contributed by atoms with Gasteiger partial charge in [-0.25, -0.2) is 0 Å². The highest BCUT2D eigenvalue weighted by molar-refractivity contribution is 9.11. The first kappa shape index (κ1) is 14.7. The van der Waals surface area contributed by atoms with E-state index in [0.29, 0.717) is 11.5 Å². The van der Waals surface area contributed by atoms with E-state index < -0.39 is 0 Å². The largest absolute Gasteiger partial charge is 0.309 e. The molecule has 1 aromatic heterocycles. The van der Waals surface area contributed by atoms with Crippen molar-refractivity contribution >= 4 is 27.3 Å². The minimum absolute atomic E-state index is 0.557. The van der Waals surface area contributed by atoms with Gasteiger partial charge in [-0.1, -0.05) is 6.92 Å². The zero-order valence-corrected chi connectivity index (χ0v) is 15.5. The van der Waals surface area contributed by atoms with Gasteiger partial charge in [-0.3, -0.25) is 0 Å². The summed E-state index contributed by atoms with van der Waals surface area (Å²) in [5.41, 5.74) is 1.96. The van der Waals surface area contributed by atoms with Crippen LogP contribution in [0, 0.1) is 30.1 Å². The van der Waals surface area contributed by atoms with Crippen molar-refractivity contribution in [1.82, 2.24) is 5.32 Å². The number of hydrogen-bond donors (Lipinski definition) is 1. The van der Waals surface area contributed by atoms with Crippen LogP contribution in [-0.4, -0.2) is 6.54 Å². The van der Waals surface area contributed by atoms with Crippen LogP contribution in [0.2, 0.25) is 0 Å². The fourth-order valence-electron chi connectivity index (χ4n) is 5.98. The van der Waals surface area contributed by atoms with Gasteiger partial charge in [0, 0.05) is 10.9 Å². The Balaban J connectivity index is 1.70. The van der Waals surface area contributed by atoms with Crippen molar-refractivity contribution in [1.29, 1.82) is 0 Å². The van der Waals surface area contributed by atoms with Gasteiger partial charge in [-0.15, -0.1) is 11.3 Å². The summed E-state index contributed by atoms with van der Waals surface area (Å²) in [4.78, 5) is 1.57. The van der Waals surface area contributed by atoms with Crippen molar-refractivity contribution in [2.75, 3.05) is 6.54 Å². The average molecular weight is 368 g/mol. The number of aryl methyl sites for hydroxylation is 1. The first-order valence-corrected chi connectivity index (χ1v) is 10.2. The lowest BCUT2D eigenvalue weighted by atomic mass is 9.47. The Hall–Kier alpha value is 0.140. The third kappa shape index (κ3) is 2.44. The second-order valence-corrected chi connectivity index (χ2v) is 10.3. The Morgan fingerprint density at radius 1 is 1.24 bits per heavy atom. The molecule has 1 heterocycles. The Bertz CT molecular complexity index is 481. The maximum atomic E-state index is 3.89. The number of hydrogen-bond acceptors (Lipinski definition) is 2. The van der Waals surface area contributed by atoms with Gasteiger partial charge >= 0.3 is 0 Å². The van der Waals surface area contributed by atoms with Gasteiger partial charge in [0.25, 0.3) is 0 Å². The summed E-state index contributed by atoms with van der Waals surface area (Å²) in [6, 6.07) is 3.02. The molecule has 1 N–H and O–H groups in total. The molecular formula is C18H26BrNS. The molecule has 5 rings (SSSR count). The summed E-state index contributed by atoms with van der Waals surface area (Å²) in [6.07, 6.45) is 9.03. The first-order valence-electron chi connectivity index (χ1n) is 8.59. The van der Waals surface area contributed by atoms with Crippen molar-refractivity contribution in [3.63, 3.8) is 0 Å². The zero-order valence-electron chi connectivity index (χ0n) is 13.1. The van der Waals surface area contributed by atoms with Crippen LogP contribution < -0.4 is 5.32 Å². The maximum absolute atomic E-state index is 3.89. The molecule has 4 aliphatic rings. The Morgan fingerprint density at radius 2 is 1.81 bits per heavy atom. The fraction of sp³-hybridized carbons (Fsp3) is 0.778. The summed E-state index contributed by atoms with van der Waals surface area (Å²) in [5.74, 6) is 3.09. The molecule has 0 radical (unpaired) electrons. The predicted octanol–water partition coefficient (Wildman–Crippen LogP) is 5.69. The Labute approximate surface area is 141 Å². The van der Waals surface area contributed by atoms with Gasteiger partial charge in [0.15, 0.2) is 0 Å². The molecule has 1 atom stereocenters. The third-order valence-electron chi connectivity index (χ3n) is 6.27. The standard InChI is InChI=1S/C18H26BrNS/c1-3-20-16(15-4-11(2)17(19)21-15)18-8-12-5-13(9-18)7-14(6-12)10-18/h4,12-14,16,20H,3,5-10H2,1-2H3. The zero-order chi connectivity index (χ0) is 14.6. The highest BCUT2D eigenvalue weighted by Gasteiger charge is 2.54. The predicted molar refractivity (Wildman–Crippen MR) is 93.8 cm³/mol. The van der Waals surface area contributed by atoms with Gasteiger partial charge in [0.2, 0.25) is 0 Å². The number of rotatable bonds is 4. The van der Waals surface area contributed by atoms with Crippen LogP contribution in [0.3, 0.4) is 0 Å². The highest BCUT2D eigenvalue weighted by atomic mass is 79.9. The van der Waals surface area contributed by atoms with Crippen molar-refractivity contribution in [2.24, 2.45) is 23.2 Å². The molecule has 1 nitrogen and oxygen atoms in total. The van der Waals surface area contributed by atoms with E-state index in [1.807, 2.05) is 11.3 Å². The molecule has 0 saturated heterocycles. The molecule has 4 fully saturated rings. The van der Waals surface area contributed by atoms with Crippen LogP contribution in [-0.2, 0) is 0 Å². The minimum Gasteiger partial charge on any atom is -0.309 e. The topological polar surface area (TPSA) is 12.0 Å². The summed E-state index contributed by atoms with van der Waals surface area (Å²) < 4.78 is 1.32. The van der Waals surface area contributed by atoms with E-state index in [1.165, 1.54) is 47.9 Å². The quantitative estimate of drug-likeness (QED) is 0.720. The van der Waals surface area contributed by atoms with Gasteiger partial charge in [-0.2, -0.15) is 0 Å². The Morgan fingerprint density at radius 3 is 2.24 bits per heavy atom. The molecule has 0 aromatic carbocycles. The third-order valence-corrected chi connectivity index (χ3v) is 8.47. The molecule has 1 unspecified atom stereocenters. The molecule has 0 spiro atoms. The highest BCUT2D eigenvalue weighted by Crippen LogP contribution is 2.64. The molecular weight excluding hydrogens is 342 g/mol. The van der Waals surface area contributed by atoms with Gasteiger partial charge in [0.05, 0.1) is 3.79 Å². The smallest absolute Gasteiger partial charge is 0.0731 e. The average Bonchev–Trinajstić information content (AvgIpc) is 2.74. The summed E-state index contributed by atoms with van der Waals surface area (Å²) in [6.45, 7) is 5.58. The summed E-state index contributed by atoms with van der Waals surface area (Å²) in [5, 5.41) is 3.89. The van der Waals surface area contributed by atoms with Crippen LogP contribution >= 0.6 is 27.3 Å². The molecule has 3 heteroatoms. The van der Waals surface area contributed by atoms with Crippen LogP contribution in [0.25, 0.3) is 0 Å². The molecule has 1 aromatic rings. The van der Waals surface area contributed by atoms with Crippen molar-refractivity contribution in [3.05, 3.63) is 20.3 Å². The van der Waals surface area contributed by atoms with Gasteiger partial charge in [-0.05, 0) is 103 Å². The number of halogens is 1. The van der Waals surface area contributed by atoms with Gasteiger partial charge in [0.1, 0.15) is 0 Å².